The summed E-state index contributed by atoms with van der Waals surface area (Å²) >= 11 is 0. The van der Waals surface area contributed by atoms with Crippen molar-refractivity contribution in [1.29, 1.82) is 0 Å². The number of nitrogens with zero attached hydrogens (tertiary/aromatic N) is 1. The normalized spacial score (nSPS) is 16.9. The summed E-state index contributed by atoms with van der Waals surface area (Å²) in [6, 6.07) is 9.31. The lowest BCUT2D eigenvalue weighted by atomic mass is 10.00. The van der Waals surface area contributed by atoms with Crippen LogP contribution in [-0.4, -0.2) is 22.7 Å². The Morgan fingerprint density at radius 3 is 3.05 bits per heavy atom. The highest BCUT2D eigenvalue weighted by atomic mass is 16.5. The lowest BCUT2D eigenvalue weighted by Crippen LogP contribution is -2.21. The molecule has 1 unspecified atom stereocenters. The van der Waals surface area contributed by atoms with E-state index >= 15 is 0 Å². The van der Waals surface area contributed by atoms with Crippen LogP contribution in [0.4, 0.5) is 5.69 Å². The minimum Gasteiger partial charge on any atom is -0.493 e. The maximum atomic E-state index is 11.2. The van der Waals surface area contributed by atoms with Gasteiger partial charge in [0.25, 0.3) is 0 Å². The second-order valence-corrected chi connectivity index (χ2v) is 4.60. The topological polar surface area (TPSA) is 71.5 Å². The maximum absolute atomic E-state index is 11.2. The van der Waals surface area contributed by atoms with E-state index in [2.05, 4.69) is 10.3 Å². The monoisotopic (exact) mass is 270 g/mol. The van der Waals surface area contributed by atoms with E-state index in [9.17, 15) is 9.90 Å². The zero-order valence-electron chi connectivity index (χ0n) is 10.7. The molecule has 1 aromatic heterocycles. The Bertz CT molecular complexity index is 643. The predicted octanol–water partition coefficient (Wildman–Crippen LogP) is 2.72. The summed E-state index contributed by atoms with van der Waals surface area (Å²) in [5.74, 6) is -0.118. The van der Waals surface area contributed by atoms with Gasteiger partial charge in [-0.1, -0.05) is 18.2 Å². The van der Waals surface area contributed by atoms with Gasteiger partial charge in [-0.05, 0) is 12.1 Å². The van der Waals surface area contributed by atoms with Gasteiger partial charge in [0.05, 0.1) is 30.1 Å². The molecule has 1 aliphatic heterocycles. The number of anilines is 1. The van der Waals surface area contributed by atoms with Crippen molar-refractivity contribution >= 4 is 11.7 Å². The van der Waals surface area contributed by atoms with Crippen molar-refractivity contribution in [3.05, 3.63) is 53.9 Å². The third kappa shape index (κ3) is 2.30. The van der Waals surface area contributed by atoms with Gasteiger partial charge in [0.1, 0.15) is 5.75 Å². The molecule has 0 saturated carbocycles. The molecule has 1 aliphatic rings. The first kappa shape index (κ1) is 12.5. The number of carboxylic acid groups (broad SMARTS) is 1. The number of hydrogen-bond acceptors (Lipinski definition) is 4. The molecular weight excluding hydrogens is 256 g/mol. The van der Waals surface area contributed by atoms with E-state index in [0.29, 0.717) is 12.3 Å². The molecule has 2 heterocycles. The van der Waals surface area contributed by atoms with Gasteiger partial charge >= 0.3 is 5.97 Å². The predicted molar refractivity (Wildman–Crippen MR) is 74.1 cm³/mol. The molecule has 102 valence electrons. The number of carbonyl (C=O) groups is 1. The fourth-order valence-electron chi connectivity index (χ4n) is 2.38. The highest BCUT2D eigenvalue weighted by Crippen LogP contribution is 2.34. The van der Waals surface area contributed by atoms with Gasteiger partial charge in [-0.3, -0.25) is 4.98 Å². The number of nitrogens with one attached hydrogen (secondary N) is 1. The van der Waals surface area contributed by atoms with Crippen molar-refractivity contribution in [2.24, 2.45) is 0 Å². The number of pyridine rings is 1. The Labute approximate surface area is 116 Å². The molecule has 2 N–H and O–H groups in total. The first-order valence-electron chi connectivity index (χ1n) is 6.41. The van der Waals surface area contributed by atoms with E-state index < -0.39 is 5.97 Å². The zero-order valence-corrected chi connectivity index (χ0v) is 10.7. The number of rotatable bonds is 3. The number of aromatic carboxylic acids is 1. The standard InChI is InChI=1S/C15H14N2O3/c18-15(19)11-5-7-16-9-13(11)17-12-6-8-20-14-4-2-1-3-10(12)14/h1-5,7,9,12,17H,6,8H2,(H,18,19). The smallest absolute Gasteiger partial charge is 0.337 e. The minimum absolute atomic E-state index is 0.0299. The van der Waals surface area contributed by atoms with Crippen LogP contribution in [0.25, 0.3) is 0 Å². The van der Waals surface area contributed by atoms with Crippen LogP contribution in [-0.2, 0) is 0 Å². The van der Waals surface area contributed by atoms with Crippen LogP contribution in [0.2, 0.25) is 0 Å². The Kier molecular flexibility index (Phi) is 3.25. The van der Waals surface area contributed by atoms with Gasteiger partial charge in [-0.2, -0.15) is 0 Å². The fourth-order valence-corrected chi connectivity index (χ4v) is 2.38. The second-order valence-electron chi connectivity index (χ2n) is 4.60. The van der Waals surface area contributed by atoms with Crippen molar-refractivity contribution in [3.63, 3.8) is 0 Å². The van der Waals surface area contributed by atoms with Crippen LogP contribution in [0.15, 0.2) is 42.7 Å². The summed E-state index contributed by atoms with van der Waals surface area (Å²) in [7, 11) is 0. The van der Waals surface area contributed by atoms with Crippen molar-refractivity contribution in [2.45, 2.75) is 12.5 Å². The highest BCUT2D eigenvalue weighted by Gasteiger charge is 2.22. The van der Waals surface area contributed by atoms with E-state index in [1.165, 1.54) is 12.3 Å². The number of benzene rings is 1. The van der Waals surface area contributed by atoms with Crippen molar-refractivity contribution in [1.82, 2.24) is 4.98 Å². The SMILES string of the molecule is O=C(O)c1ccncc1NC1CCOc2ccccc21. The Morgan fingerprint density at radius 2 is 2.20 bits per heavy atom. The molecule has 2 aromatic rings. The molecule has 0 bridgehead atoms. The average molecular weight is 270 g/mol. The number of para-hydroxylation sites is 1. The van der Waals surface area contributed by atoms with E-state index in [-0.39, 0.29) is 11.6 Å². The number of fused-ring (bicyclic) bond motifs is 1. The van der Waals surface area contributed by atoms with E-state index in [0.717, 1.165) is 17.7 Å². The number of carboxylic acids is 1. The number of aromatic nitrogens is 1. The van der Waals surface area contributed by atoms with Gasteiger partial charge in [-0.25, -0.2) is 4.79 Å². The lowest BCUT2D eigenvalue weighted by molar-refractivity contribution is 0.0697. The highest BCUT2D eigenvalue weighted by molar-refractivity contribution is 5.93. The van der Waals surface area contributed by atoms with Crippen LogP contribution in [0.1, 0.15) is 28.4 Å². The average Bonchev–Trinajstić information content (AvgIpc) is 2.48. The van der Waals surface area contributed by atoms with E-state index in [1.807, 2.05) is 24.3 Å². The Balaban J connectivity index is 1.92. The van der Waals surface area contributed by atoms with Gasteiger partial charge in [-0.15, -0.1) is 0 Å². The molecule has 5 heteroatoms. The van der Waals surface area contributed by atoms with Crippen LogP contribution < -0.4 is 10.1 Å². The third-order valence-electron chi connectivity index (χ3n) is 3.34. The molecule has 20 heavy (non-hydrogen) atoms. The second kappa shape index (κ2) is 5.21. The van der Waals surface area contributed by atoms with Crippen LogP contribution in [0, 0.1) is 0 Å². The first-order chi connectivity index (χ1) is 9.75. The van der Waals surface area contributed by atoms with Gasteiger partial charge in [0, 0.05) is 18.2 Å². The summed E-state index contributed by atoms with van der Waals surface area (Å²) < 4.78 is 5.60. The molecule has 0 radical (unpaired) electrons. The van der Waals surface area contributed by atoms with E-state index in [1.54, 1.807) is 6.20 Å². The first-order valence-corrected chi connectivity index (χ1v) is 6.41. The molecule has 1 atom stereocenters. The molecule has 1 aromatic carbocycles. The molecule has 0 fully saturated rings. The van der Waals surface area contributed by atoms with E-state index in [4.69, 9.17) is 4.74 Å². The third-order valence-corrected chi connectivity index (χ3v) is 3.34. The molecule has 0 amide bonds. The fraction of sp³-hybridized carbons (Fsp3) is 0.200. The quantitative estimate of drug-likeness (QED) is 0.897. The molecule has 0 saturated heterocycles. The number of ether oxygens (including phenoxy) is 1. The van der Waals surface area contributed by atoms with Crippen LogP contribution >= 0.6 is 0 Å². The van der Waals surface area contributed by atoms with Crippen molar-refractivity contribution in [2.75, 3.05) is 11.9 Å². The largest absolute Gasteiger partial charge is 0.493 e. The van der Waals surface area contributed by atoms with Crippen molar-refractivity contribution < 1.29 is 14.6 Å². The Hall–Kier alpha value is -2.56. The Morgan fingerprint density at radius 1 is 1.35 bits per heavy atom. The van der Waals surface area contributed by atoms with Crippen LogP contribution in [0.5, 0.6) is 5.75 Å². The van der Waals surface area contributed by atoms with Crippen LogP contribution in [0.3, 0.4) is 0 Å². The van der Waals surface area contributed by atoms with Crippen molar-refractivity contribution in [3.8, 4) is 5.75 Å². The summed E-state index contributed by atoms with van der Waals surface area (Å²) in [4.78, 5) is 15.2. The maximum Gasteiger partial charge on any atom is 0.337 e. The molecular formula is C15H14N2O3. The van der Waals surface area contributed by atoms with Gasteiger partial charge < -0.3 is 15.2 Å². The summed E-state index contributed by atoms with van der Waals surface area (Å²) in [6.45, 7) is 0.608. The summed E-state index contributed by atoms with van der Waals surface area (Å²) in [5, 5.41) is 12.5. The molecule has 5 nitrogen and oxygen atoms in total. The van der Waals surface area contributed by atoms with Gasteiger partial charge in [0.15, 0.2) is 0 Å². The van der Waals surface area contributed by atoms with Gasteiger partial charge in [0.2, 0.25) is 0 Å². The summed E-state index contributed by atoms with van der Waals surface area (Å²) in [5.41, 5.74) is 1.80. The number of hydrogen-bond donors (Lipinski definition) is 2. The molecule has 3 rings (SSSR count). The lowest BCUT2D eigenvalue weighted by Gasteiger charge is -2.27. The summed E-state index contributed by atoms with van der Waals surface area (Å²) in [6.07, 6.45) is 3.80. The molecule has 0 spiro atoms. The molecule has 0 aliphatic carbocycles. The minimum atomic E-state index is -0.963. The zero-order chi connectivity index (χ0) is 13.9.